The molecular formula is C26H35NO5S. The van der Waals surface area contributed by atoms with Crippen LogP contribution in [-0.2, 0) is 29.6 Å². The lowest BCUT2D eigenvalue weighted by molar-refractivity contribution is -0.177. The van der Waals surface area contributed by atoms with Crippen molar-refractivity contribution in [1.82, 2.24) is 4.90 Å². The van der Waals surface area contributed by atoms with Gasteiger partial charge in [0.2, 0.25) is 0 Å². The van der Waals surface area contributed by atoms with E-state index in [9.17, 15) is 18.0 Å². The lowest BCUT2D eigenvalue weighted by atomic mass is 9.43. The van der Waals surface area contributed by atoms with Crippen LogP contribution in [-0.4, -0.2) is 55.9 Å². The van der Waals surface area contributed by atoms with Crippen molar-refractivity contribution in [2.75, 3.05) is 24.7 Å². The molecule has 1 amide bonds. The summed E-state index contributed by atoms with van der Waals surface area (Å²) >= 11 is 0. The first kappa shape index (κ1) is 22.9. The van der Waals surface area contributed by atoms with Crippen LogP contribution in [0.1, 0.15) is 63.0 Å². The average Bonchev–Trinajstić information content (AvgIpc) is 3.11. The summed E-state index contributed by atoms with van der Waals surface area (Å²) in [5, 5.41) is 0. The second-order valence-corrected chi connectivity index (χ2v) is 13.4. The number of carbonyl (C=O) groups excluding carboxylic acids is 2. The summed E-state index contributed by atoms with van der Waals surface area (Å²) in [7, 11) is -3.08. The Hall–Kier alpha value is -1.89. The molecule has 0 spiro atoms. The number of amides is 1. The number of rotatable bonds is 6. The molecule has 4 bridgehead atoms. The van der Waals surface area contributed by atoms with Gasteiger partial charge in [-0.2, -0.15) is 0 Å². The standard InChI is InChI=1S/C26H35NO5S/c1-3-27(22-8-9-33(30,31)16-22)23(28)15-32-24(29)26-13-19-10-20(14-26)12-25(11-19,17-26)21-6-4-18(2)5-7-21/h4-7,19-20,22H,3,8-17H2,1-2H3/t19-,20+,22-,25?,26?/m1/s1. The number of esters is 1. The van der Waals surface area contributed by atoms with Gasteiger partial charge in [-0.05, 0) is 81.6 Å². The van der Waals surface area contributed by atoms with Gasteiger partial charge in [-0.25, -0.2) is 8.42 Å². The number of likely N-dealkylation sites (N-methyl/N-ethyl adjacent to an activating group) is 1. The summed E-state index contributed by atoms with van der Waals surface area (Å²) in [5.41, 5.74) is 2.12. The van der Waals surface area contributed by atoms with Gasteiger partial charge in [-0.3, -0.25) is 9.59 Å². The van der Waals surface area contributed by atoms with E-state index in [1.54, 1.807) is 4.90 Å². The van der Waals surface area contributed by atoms with Crippen LogP contribution in [0.3, 0.4) is 0 Å². The molecule has 0 N–H and O–H groups in total. The molecular weight excluding hydrogens is 438 g/mol. The molecule has 6 rings (SSSR count). The molecule has 7 heteroatoms. The lowest BCUT2D eigenvalue weighted by Crippen LogP contribution is -2.57. The van der Waals surface area contributed by atoms with Crippen LogP contribution in [0.4, 0.5) is 0 Å². The minimum atomic E-state index is -3.08. The van der Waals surface area contributed by atoms with Gasteiger partial charge in [0.05, 0.1) is 16.9 Å². The van der Waals surface area contributed by atoms with Crippen LogP contribution >= 0.6 is 0 Å². The molecule has 1 aliphatic heterocycles. The Morgan fingerprint density at radius 2 is 1.76 bits per heavy atom. The predicted molar refractivity (Wildman–Crippen MR) is 125 cm³/mol. The maximum Gasteiger partial charge on any atom is 0.312 e. The van der Waals surface area contributed by atoms with Crippen molar-refractivity contribution in [3.05, 3.63) is 35.4 Å². The third-order valence-corrected chi connectivity index (χ3v) is 10.5. The highest BCUT2D eigenvalue weighted by atomic mass is 32.2. The van der Waals surface area contributed by atoms with Crippen LogP contribution < -0.4 is 0 Å². The molecule has 1 aromatic rings. The highest BCUT2D eigenvalue weighted by Gasteiger charge is 2.61. The Morgan fingerprint density at radius 1 is 1.09 bits per heavy atom. The molecule has 5 aliphatic rings. The molecule has 33 heavy (non-hydrogen) atoms. The van der Waals surface area contributed by atoms with E-state index in [1.807, 2.05) is 6.92 Å². The van der Waals surface area contributed by atoms with Gasteiger partial charge in [0.15, 0.2) is 16.4 Å². The van der Waals surface area contributed by atoms with Gasteiger partial charge in [-0.1, -0.05) is 29.8 Å². The Labute approximate surface area is 197 Å². The van der Waals surface area contributed by atoms with Crippen LogP contribution in [0.25, 0.3) is 0 Å². The first-order valence-electron chi connectivity index (χ1n) is 12.4. The first-order valence-corrected chi connectivity index (χ1v) is 14.2. The Morgan fingerprint density at radius 3 is 2.33 bits per heavy atom. The number of sulfone groups is 1. The van der Waals surface area contributed by atoms with E-state index in [1.165, 1.54) is 17.5 Å². The third kappa shape index (κ3) is 4.11. The van der Waals surface area contributed by atoms with E-state index in [0.29, 0.717) is 24.8 Å². The molecule has 1 heterocycles. The number of hydrogen-bond donors (Lipinski definition) is 0. The summed E-state index contributed by atoms with van der Waals surface area (Å²) in [4.78, 5) is 27.9. The number of ether oxygens (including phenoxy) is 1. The number of carbonyl (C=O) groups is 2. The minimum absolute atomic E-state index is 0.00684. The van der Waals surface area contributed by atoms with Crippen molar-refractivity contribution in [3.8, 4) is 0 Å². The van der Waals surface area contributed by atoms with E-state index in [0.717, 1.165) is 32.1 Å². The van der Waals surface area contributed by atoms with Crippen molar-refractivity contribution in [1.29, 1.82) is 0 Å². The molecule has 180 valence electrons. The van der Waals surface area contributed by atoms with E-state index >= 15 is 0 Å². The smallest absolute Gasteiger partial charge is 0.312 e. The SMILES string of the molecule is CCN(C(=O)COC(=O)C12C[C@H]3C[C@@H](C1)CC(c1ccc(C)cc1)(C3)C2)[C@@H]1CCS(=O)(=O)C1. The lowest BCUT2D eigenvalue weighted by Gasteiger charge is -2.61. The van der Waals surface area contributed by atoms with Crippen LogP contribution in [0.15, 0.2) is 24.3 Å². The van der Waals surface area contributed by atoms with Crippen LogP contribution in [0.2, 0.25) is 0 Å². The van der Waals surface area contributed by atoms with Crippen molar-refractivity contribution < 1.29 is 22.7 Å². The summed E-state index contributed by atoms with van der Waals surface area (Å²) in [5.74, 6) is 0.682. The fourth-order valence-corrected chi connectivity index (χ4v) is 9.50. The first-order chi connectivity index (χ1) is 15.6. The summed E-state index contributed by atoms with van der Waals surface area (Å²) in [6, 6.07) is 8.50. The molecule has 6 nitrogen and oxygen atoms in total. The largest absolute Gasteiger partial charge is 0.455 e. The van der Waals surface area contributed by atoms with Crippen LogP contribution in [0, 0.1) is 24.2 Å². The second kappa shape index (κ2) is 8.10. The van der Waals surface area contributed by atoms with E-state index in [-0.39, 0.29) is 41.4 Å². The zero-order valence-electron chi connectivity index (χ0n) is 19.7. The maximum absolute atomic E-state index is 13.5. The number of nitrogens with zero attached hydrogens (tertiary/aromatic N) is 1. The van der Waals surface area contributed by atoms with Gasteiger partial charge >= 0.3 is 5.97 Å². The molecule has 1 saturated heterocycles. The summed E-state index contributed by atoms with van der Waals surface area (Å²) < 4.78 is 29.4. The van der Waals surface area contributed by atoms with E-state index < -0.39 is 15.3 Å². The quantitative estimate of drug-likeness (QED) is 0.592. The number of hydrogen-bond acceptors (Lipinski definition) is 5. The third-order valence-electron chi connectivity index (χ3n) is 8.79. The Balaban J connectivity index is 1.29. The van der Waals surface area contributed by atoms with Gasteiger partial charge in [0.25, 0.3) is 5.91 Å². The van der Waals surface area contributed by atoms with E-state index in [4.69, 9.17) is 4.74 Å². The zero-order valence-corrected chi connectivity index (χ0v) is 20.5. The predicted octanol–water partition coefficient (Wildman–Crippen LogP) is 3.41. The van der Waals surface area contributed by atoms with Gasteiger partial charge in [0, 0.05) is 12.6 Å². The molecule has 5 atom stereocenters. The van der Waals surface area contributed by atoms with Crippen molar-refractivity contribution >= 4 is 21.7 Å². The van der Waals surface area contributed by atoms with Crippen molar-refractivity contribution in [2.24, 2.45) is 17.3 Å². The van der Waals surface area contributed by atoms with Crippen molar-refractivity contribution in [2.45, 2.75) is 70.3 Å². The van der Waals surface area contributed by atoms with Gasteiger partial charge in [0.1, 0.15) is 0 Å². The fourth-order valence-electron chi connectivity index (χ4n) is 7.77. The molecule has 0 aromatic heterocycles. The molecule has 0 radical (unpaired) electrons. The summed E-state index contributed by atoms with van der Waals surface area (Å²) in [6.07, 6.45) is 6.47. The zero-order chi connectivity index (χ0) is 23.4. The molecule has 4 saturated carbocycles. The number of benzene rings is 1. The number of aryl methyl sites for hydroxylation is 1. The van der Waals surface area contributed by atoms with Gasteiger partial charge < -0.3 is 9.64 Å². The van der Waals surface area contributed by atoms with Crippen molar-refractivity contribution in [3.63, 3.8) is 0 Å². The monoisotopic (exact) mass is 473 g/mol. The highest BCUT2D eigenvalue weighted by Crippen LogP contribution is 2.66. The second-order valence-electron chi connectivity index (χ2n) is 11.2. The molecule has 2 unspecified atom stereocenters. The molecule has 4 aliphatic carbocycles. The van der Waals surface area contributed by atoms with E-state index in [2.05, 4.69) is 31.2 Å². The Kier molecular flexibility index (Phi) is 5.62. The Bertz CT molecular complexity index is 1030. The molecule has 1 aromatic carbocycles. The average molecular weight is 474 g/mol. The van der Waals surface area contributed by atoms with Crippen LogP contribution in [0.5, 0.6) is 0 Å². The highest BCUT2D eigenvalue weighted by molar-refractivity contribution is 7.91. The summed E-state index contributed by atoms with van der Waals surface area (Å²) in [6.45, 7) is 4.06. The minimum Gasteiger partial charge on any atom is -0.455 e. The molecule has 5 fully saturated rings. The topological polar surface area (TPSA) is 80.8 Å². The fraction of sp³-hybridized carbons (Fsp3) is 0.692. The normalized spacial score (nSPS) is 36.0. The van der Waals surface area contributed by atoms with Gasteiger partial charge in [-0.15, -0.1) is 0 Å². The maximum atomic E-state index is 13.5.